The van der Waals surface area contributed by atoms with Crippen LogP contribution in [0.4, 0.5) is 10.1 Å². The Morgan fingerprint density at radius 1 is 1.50 bits per heavy atom. The average molecular weight is 300 g/mol. The summed E-state index contributed by atoms with van der Waals surface area (Å²) in [6.07, 6.45) is 2.63. The van der Waals surface area contributed by atoms with Gasteiger partial charge in [-0.2, -0.15) is 10.2 Å². The van der Waals surface area contributed by atoms with E-state index < -0.39 is 0 Å². The van der Waals surface area contributed by atoms with Gasteiger partial charge in [0.1, 0.15) is 5.82 Å². The Morgan fingerprint density at radius 3 is 3.05 bits per heavy atom. The second-order valence-corrected chi connectivity index (χ2v) is 5.46. The second kappa shape index (κ2) is 6.14. The van der Waals surface area contributed by atoms with Crippen LogP contribution in [0.2, 0.25) is 0 Å². The Hall–Kier alpha value is -2.42. The summed E-state index contributed by atoms with van der Waals surface area (Å²) in [5.41, 5.74) is 0.864. The molecule has 0 spiro atoms. The third-order valence-electron chi connectivity index (χ3n) is 3.99. The molecule has 0 saturated carbocycles. The zero-order valence-electron chi connectivity index (χ0n) is 12.4. The number of nitrogens with zero attached hydrogens (tertiary/aromatic N) is 4. The summed E-state index contributed by atoms with van der Waals surface area (Å²) in [5.74, 6) is 1.13. The minimum Gasteiger partial charge on any atom is -0.368 e. The van der Waals surface area contributed by atoms with Crippen molar-refractivity contribution in [3.8, 4) is 6.07 Å². The Labute approximate surface area is 128 Å². The third-order valence-corrected chi connectivity index (χ3v) is 3.99. The van der Waals surface area contributed by atoms with Crippen LogP contribution in [0.25, 0.3) is 0 Å². The Kier molecular flexibility index (Phi) is 4.05. The summed E-state index contributed by atoms with van der Waals surface area (Å²) in [4.78, 5) is 6.38. The molecule has 0 aliphatic carbocycles. The van der Waals surface area contributed by atoms with E-state index in [0.29, 0.717) is 35.9 Å². The van der Waals surface area contributed by atoms with Gasteiger partial charge in [0.05, 0.1) is 17.3 Å². The van der Waals surface area contributed by atoms with Crippen LogP contribution in [0, 0.1) is 17.1 Å². The van der Waals surface area contributed by atoms with Crippen LogP contribution in [0.1, 0.15) is 43.0 Å². The molecule has 1 atom stereocenters. The molecule has 1 aliphatic heterocycles. The van der Waals surface area contributed by atoms with E-state index in [-0.39, 0.29) is 11.7 Å². The highest BCUT2D eigenvalue weighted by atomic mass is 19.1. The molecule has 1 saturated heterocycles. The fourth-order valence-electron chi connectivity index (χ4n) is 2.82. The number of anilines is 1. The summed E-state index contributed by atoms with van der Waals surface area (Å²) in [6, 6.07) is 6.55. The van der Waals surface area contributed by atoms with E-state index in [4.69, 9.17) is 9.78 Å². The molecule has 1 aliphatic rings. The third kappa shape index (κ3) is 2.80. The maximum atomic E-state index is 14.2. The van der Waals surface area contributed by atoms with Gasteiger partial charge in [-0.25, -0.2) is 4.39 Å². The minimum absolute atomic E-state index is 0.146. The van der Waals surface area contributed by atoms with Gasteiger partial charge < -0.3 is 9.42 Å². The number of piperidine rings is 1. The normalized spacial score (nSPS) is 18.2. The van der Waals surface area contributed by atoms with Gasteiger partial charge in [-0.05, 0) is 31.0 Å². The van der Waals surface area contributed by atoms with Crippen LogP contribution < -0.4 is 4.90 Å². The topological polar surface area (TPSA) is 66.0 Å². The number of aryl methyl sites for hydroxylation is 1. The zero-order valence-corrected chi connectivity index (χ0v) is 12.4. The fourth-order valence-corrected chi connectivity index (χ4v) is 2.82. The SMILES string of the molecule is CCc1nc([C@H]2CCCN(c3ccc(C#N)cc3F)C2)no1. The van der Waals surface area contributed by atoms with E-state index in [9.17, 15) is 4.39 Å². The van der Waals surface area contributed by atoms with Gasteiger partial charge in [-0.1, -0.05) is 12.1 Å². The van der Waals surface area contributed by atoms with Crippen LogP contribution in [-0.2, 0) is 6.42 Å². The first-order chi connectivity index (χ1) is 10.7. The van der Waals surface area contributed by atoms with Crippen LogP contribution in [-0.4, -0.2) is 23.2 Å². The molecule has 0 unspecified atom stereocenters. The summed E-state index contributed by atoms with van der Waals surface area (Å²) < 4.78 is 19.3. The summed E-state index contributed by atoms with van der Waals surface area (Å²) in [6.45, 7) is 3.42. The van der Waals surface area contributed by atoms with Crippen LogP contribution in [0.3, 0.4) is 0 Å². The van der Waals surface area contributed by atoms with E-state index in [2.05, 4.69) is 10.1 Å². The first-order valence-electron chi connectivity index (χ1n) is 7.48. The predicted octanol–water partition coefficient (Wildman–Crippen LogP) is 3.03. The standard InChI is InChI=1S/C16H17FN4O/c1-2-15-19-16(20-22-15)12-4-3-7-21(10-12)14-6-5-11(9-18)8-13(14)17/h5-6,8,12H,2-4,7,10H2,1H3/t12-/m0/s1. The highest BCUT2D eigenvalue weighted by Gasteiger charge is 2.26. The van der Waals surface area contributed by atoms with E-state index in [0.717, 1.165) is 19.4 Å². The van der Waals surface area contributed by atoms with Crippen molar-refractivity contribution in [2.24, 2.45) is 0 Å². The highest BCUT2D eigenvalue weighted by Crippen LogP contribution is 2.30. The lowest BCUT2D eigenvalue weighted by molar-refractivity contribution is 0.368. The smallest absolute Gasteiger partial charge is 0.226 e. The molecule has 6 heteroatoms. The van der Waals surface area contributed by atoms with Crippen molar-refractivity contribution >= 4 is 5.69 Å². The maximum absolute atomic E-state index is 14.2. The predicted molar refractivity (Wildman–Crippen MR) is 79.0 cm³/mol. The van der Waals surface area contributed by atoms with E-state index >= 15 is 0 Å². The molecule has 0 bridgehead atoms. The van der Waals surface area contributed by atoms with Gasteiger partial charge >= 0.3 is 0 Å². The number of hydrogen-bond donors (Lipinski definition) is 0. The monoisotopic (exact) mass is 300 g/mol. The molecular formula is C16H17FN4O. The van der Waals surface area contributed by atoms with Crippen molar-refractivity contribution < 1.29 is 8.91 Å². The summed E-state index contributed by atoms with van der Waals surface area (Å²) in [7, 11) is 0. The number of nitriles is 1. The van der Waals surface area contributed by atoms with Crippen LogP contribution >= 0.6 is 0 Å². The Morgan fingerprint density at radius 2 is 2.36 bits per heavy atom. The first kappa shape index (κ1) is 14.5. The van der Waals surface area contributed by atoms with Crippen LogP contribution in [0.15, 0.2) is 22.7 Å². The molecule has 0 amide bonds. The lowest BCUT2D eigenvalue weighted by Gasteiger charge is -2.33. The largest absolute Gasteiger partial charge is 0.368 e. The molecule has 0 radical (unpaired) electrons. The quantitative estimate of drug-likeness (QED) is 0.871. The van der Waals surface area contributed by atoms with Crippen molar-refractivity contribution in [1.29, 1.82) is 5.26 Å². The number of halogens is 1. The first-order valence-corrected chi connectivity index (χ1v) is 7.48. The van der Waals surface area contributed by atoms with Gasteiger partial charge in [0.25, 0.3) is 0 Å². The molecule has 2 aromatic rings. The van der Waals surface area contributed by atoms with Gasteiger partial charge in [-0.15, -0.1) is 0 Å². The summed E-state index contributed by atoms with van der Waals surface area (Å²) >= 11 is 0. The molecular weight excluding hydrogens is 283 g/mol. The molecule has 114 valence electrons. The van der Waals surface area contributed by atoms with E-state index in [1.807, 2.05) is 17.9 Å². The van der Waals surface area contributed by atoms with E-state index in [1.165, 1.54) is 6.07 Å². The molecule has 22 heavy (non-hydrogen) atoms. The number of rotatable bonds is 3. The van der Waals surface area contributed by atoms with E-state index in [1.54, 1.807) is 12.1 Å². The lowest BCUT2D eigenvalue weighted by atomic mass is 9.96. The van der Waals surface area contributed by atoms with Crippen molar-refractivity contribution in [2.45, 2.75) is 32.1 Å². The maximum Gasteiger partial charge on any atom is 0.226 e. The molecule has 1 fully saturated rings. The number of aromatic nitrogens is 2. The van der Waals surface area contributed by atoms with Crippen molar-refractivity contribution in [3.63, 3.8) is 0 Å². The molecule has 2 heterocycles. The fraction of sp³-hybridized carbons (Fsp3) is 0.438. The highest BCUT2D eigenvalue weighted by molar-refractivity contribution is 5.51. The molecule has 1 aromatic heterocycles. The van der Waals surface area contributed by atoms with Gasteiger partial charge in [-0.3, -0.25) is 0 Å². The van der Waals surface area contributed by atoms with Crippen LogP contribution in [0.5, 0.6) is 0 Å². The summed E-state index contributed by atoms with van der Waals surface area (Å²) in [5, 5.41) is 12.9. The Balaban J connectivity index is 1.79. The Bertz CT molecular complexity index is 706. The average Bonchev–Trinajstić information content (AvgIpc) is 3.04. The molecule has 3 rings (SSSR count). The molecule has 0 N–H and O–H groups in total. The second-order valence-electron chi connectivity index (χ2n) is 5.46. The lowest BCUT2D eigenvalue weighted by Crippen LogP contribution is -2.35. The number of benzene rings is 1. The minimum atomic E-state index is -0.359. The number of hydrogen-bond acceptors (Lipinski definition) is 5. The zero-order chi connectivity index (χ0) is 15.5. The van der Waals surface area contributed by atoms with Crippen molar-refractivity contribution in [2.75, 3.05) is 18.0 Å². The van der Waals surface area contributed by atoms with Gasteiger partial charge in [0, 0.05) is 25.4 Å². The van der Waals surface area contributed by atoms with Crippen molar-refractivity contribution in [3.05, 3.63) is 41.3 Å². The van der Waals surface area contributed by atoms with Crippen molar-refractivity contribution in [1.82, 2.24) is 10.1 Å². The van der Waals surface area contributed by atoms with Gasteiger partial charge in [0.15, 0.2) is 5.82 Å². The molecule has 5 nitrogen and oxygen atoms in total. The van der Waals surface area contributed by atoms with Gasteiger partial charge in [0.2, 0.25) is 5.89 Å². The molecule has 1 aromatic carbocycles.